The fourth-order valence-electron chi connectivity index (χ4n) is 2.25. The highest BCUT2D eigenvalue weighted by molar-refractivity contribution is 9.09. The van der Waals surface area contributed by atoms with Crippen LogP contribution in [0.15, 0.2) is 40.9 Å². The first-order valence-corrected chi connectivity index (χ1v) is 8.05. The zero-order valence-electron chi connectivity index (χ0n) is 11.4. The molecule has 21 heavy (non-hydrogen) atoms. The largest absolute Gasteiger partial charge is 0.491 e. The summed E-state index contributed by atoms with van der Waals surface area (Å²) >= 11 is 9.66. The lowest BCUT2D eigenvalue weighted by molar-refractivity contribution is 0.344. The minimum absolute atomic E-state index is 0.459. The predicted molar refractivity (Wildman–Crippen MR) is 88.5 cm³/mol. The summed E-state index contributed by atoms with van der Waals surface area (Å²) in [5.74, 6) is 0.608. The monoisotopic (exact) mass is 365 g/mol. The lowest BCUT2D eigenvalue weighted by Crippen LogP contribution is -1.98. The normalized spacial score (nSPS) is 11.0. The average molecular weight is 367 g/mol. The zero-order valence-corrected chi connectivity index (χ0v) is 13.7. The molecule has 0 fully saturated rings. The molecule has 0 N–H and O–H groups in total. The van der Waals surface area contributed by atoms with Crippen LogP contribution in [-0.4, -0.2) is 17.1 Å². The van der Waals surface area contributed by atoms with Gasteiger partial charge in [0.1, 0.15) is 16.5 Å². The summed E-state index contributed by atoms with van der Waals surface area (Å²) in [7, 11) is 0. The second-order valence-corrected chi connectivity index (χ2v) is 5.81. The number of halogens is 2. The lowest BCUT2D eigenvalue weighted by atomic mass is 10.0. The van der Waals surface area contributed by atoms with Gasteiger partial charge in [-0.05, 0) is 24.6 Å². The number of benzene rings is 2. The smallest absolute Gasteiger partial charge is 0.189 e. The van der Waals surface area contributed by atoms with Gasteiger partial charge in [-0.2, -0.15) is 0 Å². The molecular weight excluding hydrogens is 354 g/mol. The Bertz CT molecular complexity index is 785. The molecule has 0 amide bonds. The number of aryl methyl sites for hydroxylation is 1. The number of aromatic nitrogens is 1. The van der Waals surface area contributed by atoms with Crippen LogP contribution in [0.3, 0.4) is 0 Å². The van der Waals surface area contributed by atoms with Crippen molar-refractivity contribution in [1.82, 2.24) is 5.16 Å². The van der Waals surface area contributed by atoms with Crippen LogP contribution in [0.25, 0.3) is 22.2 Å². The van der Waals surface area contributed by atoms with Gasteiger partial charge < -0.3 is 9.26 Å². The minimum Gasteiger partial charge on any atom is -0.491 e. The predicted octanol–water partition coefficient (Wildman–Crippen LogP) is 5.23. The summed E-state index contributed by atoms with van der Waals surface area (Å²) in [4.78, 5) is 0. The average Bonchev–Trinajstić information content (AvgIpc) is 2.92. The fourth-order valence-corrected chi connectivity index (χ4v) is 2.66. The molecule has 0 radical (unpaired) electrons. The van der Waals surface area contributed by atoms with Gasteiger partial charge in [0.25, 0.3) is 0 Å². The maximum absolute atomic E-state index is 6.34. The first-order chi connectivity index (χ1) is 10.2. The first-order valence-electron chi connectivity index (χ1n) is 6.55. The van der Waals surface area contributed by atoms with Crippen LogP contribution < -0.4 is 4.74 Å². The van der Waals surface area contributed by atoms with E-state index in [1.165, 1.54) is 0 Å². The molecule has 0 spiro atoms. The Morgan fingerprint density at radius 2 is 2.05 bits per heavy atom. The van der Waals surface area contributed by atoms with E-state index in [1.54, 1.807) is 0 Å². The Labute approximate surface area is 136 Å². The van der Waals surface area contributed by atoms with Crippen LogP contribution in [0.2, 0.25) is 5.02 Å². The highest BCUT2D eigenvalue weighted by atomic mass is 79.9. The van der Waals surface area contributed by atoms with Crippen molar-refractivity contribution >= 4 is 38.5 Å². The van der Waals surface area contributed by atoms with Gasteiger partial charge in [0.05, 0.1) is 12.0 Å². The fraction of sp³-hybridized carbons (Fsp3) is 0.188. The molecule has 0 aliphatic heterocycles. The highest BCUT2D eigenvalue weighted by Crippen LogP contribution is 2.38. The van der Waals surface area contributed by atoms with Crippen molar-refractivity contribution in [3.8, 4) is 17.0 Å². The van der Waals surface area contributed by atoms with Gasteiger partial charge in [-0.15, -0.1) is 0 Å². The second-order valence-electron chi connectivity index (χ2n) is 4.64. The number of ether oxygens (including phenoxy) is 1. The summed E-state index contributed by atoms with van der Waals surface area (Å²) in [6, 6.07) is 11.8. The standard InChI is InChI=1S/C16H13BrClNO2/c1-10-4-2-3-5-11(10)15-12-6-7-13(20-9-8-17)14(18)16(12)21-19-15/h2-7H,8-9H2,1H3. The van der Waals surface area contributed by atoms with E-state index in [-0.39, 0.29) is 0 Å². The molecule has 1 heterocycles. The molecule has 0 aliphatic carbocycles. The van der Waals surface area contributed by atoms with Gasteiger partial charge in [-0.1, -0.05) is 57.0 Å². The minimum atomic E-state index is 0.459. The van der Waals surface area contributed by atoms with Crippen molar-refractivity contribution in [3.05, 3.63) is 47.0 Å². The van der Waals surface area contributed by atoms with E-state index in [1.807, 2.05) is 43.3 Å². The second kappa shape index (κ2) is 6.08. The van der Waals surface area contributed by atoms with Crippen LogP contribution >= 0.6 is 27.5 Å². The van der Waals surface area contributed by atoms with Crippen molar-refractivity contribution in [1.29, 1.82) is 0 Å². The van der Waals surface area contributed by atoms with Gasteiger partial charge >= 0.3 is 0 Å². The van der Waals surface area contributed by atoms with Gasteiger partial charge in [0, 0.05) is 10.9 Å². The van der Waals surface area contributed by atoms with E-state index in [0.29, 0.717) is 23.0 Å². The number of nitrogens with zero attached hydrogens (tertiary/aromatic N) is 1. The lowest BCUT2D eigenvalue weighted by Gasteiger charge is -2.06. The molecule has 0 aliphatic rings. The molecule has 1 aromatic heterocycles. The third-order valence-corrected chi connectivity index (χ3v) is 3.96. The van der Waals surface area contributed by atoms with Crippen molar-refractivity contribution in [2.24, 2.45) is 0 Å². The Balaban J connectivity index is 2.12. The first kappa shape index (κ1) is 14.4. The number of hydrogen-bond acceptors (Lipinski definition) is 3. The van der Waals surface area contributed by atoms with Crippen LogP contribution in [0.4, 0.5) is 0 Å². The van der Waals surface area contributed by atoms with E-state index in [4.69, 9.17) is 20.9 Å². The third-order valence-electron chi connectivity index (χ3n) is 3.28. The molecule has 3 nitrogen and oxygen atoms in total. The molecule has 0 saturated carbocycles. The van der Waals surface area contributed by atoms with Crippen LogP contribution in [-0.2, 0) is 0 Å². The number of hydrogen-bond donors (Lipinski definition) is 0. The summed E-state index contributed by atoms with van der Waals surface area (Å²) in [5.41, 5.74) is 3.55. The third kappa shape index (κ3) is 2.65. The number of rotatable bonds is 4. The molecule has 0 atom stereocenters. The van der Waals surface area contributed by atoms with Gasteiger partial charge in [-0.25, -0.2) is 0 Å². The van der Waals surface area contributed by atoms with Crippen molar-refractivity contribution < 1.29 is 9.26 Å². The van der Waals surface area contributed by atoms with E-state index in [0.717, 1.165) is 27.5 Å². The highest BCUT2D eigenvalue weighted by Gasteiger charge is 2.17. The molecule has 3 aromatic rings. The summed E-state index contributed by atoms with van der Waals surface area (Å²) in [6.07, 6.45) is 0. The van der Waals surface area contributed by atoms with Gasteiger partial charge in [0.2, 0.25) is 0 Å². The summed E-state index contributed by atoms with van der Waals surface area (Å²) in [6.45, 7) is 2.59. The molecule has 3 rings (SSSR count). The maximum Gasteiger partial charge on any atom is 0.189 e. The molecule has 0 saturated heterocycles. The van der Waals surface area contributed by atoms with Crippen molar-refractivity contribution in [2.75, 3.05) is 11.9 Å². The SMILES string of the molecule is Cc1ccccc1-c1noc2c(Cl)c(OCCBr)ccc12. The Morgan fingerprint density at radius 3 is 2.81 bits per heavy atom. The van der Waals surface area contributed by atoms with Gasteiger partial charge in [0.15, 0.2) is 5.58 Å². The Kier molecular flexibility index (Phi) is 4.17. The molecule has 5 heteroatoms. The van der Waals surface area contributed by atoms with Crippen molar-refractivity contribution in [3.63, 3.8) is 0 Å². The molecule has 2 aromatic carbocycles. The molecular formula is C16H13BrClNO2. The Morgan fingerprint density at radius 1 is 1.24 bits per heavy atom. The number of alkyl halides is 1. The van der Waals surface area contributed by atoms with E-state index in [2.05, 4.69) is 21.1 Å². The van der Waals surface area contributed by atoms with E-state index >= 15 is 0 Å². The van der Waals surface area contributed by atoms with Crippen LogP contribution in [0, 0.1) is 6.92 Å². The summed E-state index contributed by atoms with van der Waals surface area (Å²) < 4.78 is 11.0. The number of fused-ring (bicyclic) bond motifs is 1. The van der Waals surface area contributed by atoms with Gasteiger partial charge in [-0.3, -0.25) is 0 Å². The van der Waals surface area contributed by atoms with E-state index in [9.17, 15) is 0 Å². The van der Waals surface area contributed by atoms with Crippen molar-refractivity contribution in [2.45, 2.75) is 6.92 Å². The quantitative estimate of drug-likeness (QED) is 0.593. The van der Waals surface area contributed by atoms with Crippen LogP contribution in [0.5, 0.6) is 5.75 Å². The summed E-state index contributed by atoms with van der Waals surface area (Å²) in [5, 5.41) is 6.28. The maximum atomic E-state index is 6.34. The Hall–Kier alpha value is -1.52. The zero-order chi connectivity index (χ0) is 14.8. The van der Waals surface area contributed by atoms with Crippen LogP contribution in [0.1, 0.15) is 5.56 Å². The molecule has 108 valence electrons. The topological polar surface area (TPSA) is 35.3 Å². The molecule has 0 bridgehead atoms. The molecule has 0 unspecified atom stereocenters. The van der Waals surface area contributed by atoms with E-state index < -0.39 is 0 Å².